The van der Waals surface area contributed by atoms with Crippen LogP contribution in [0.1, 0.15) is 30.3 Å². The van der Waals surface area contributed by atoms with Crippen LogP contribution in [0, 0.1) is 0 Å². The summed E-state index contributed by atoms with van der Waals surface area (Å²) in [5.41, 5.74) is 5.56. The van der Waals surface area contributed by atoms with Gasteiger partial charge in [0.2, 0.25) is 0 Å². The van der Waals surface area contributed by atoms with Crippen molar-refractivity contribution in [2.24, 2.45) is 5.73 Å². The molecule has 1 saturated heterocycles. The van der Waals surface area contributed by atoms with E-state index in [4.69, 9.17) is 10.2 Å². The van der Waals surface area contributed by atoms with Gasteiger partial charge >= 0.3 is 0 Å². The topological polar surface area (TPSA) is 42.4 Å². The van der Waals surface area contributed by atoms with Gasteiger partial charge in [-0.2, -0.15) is 0 Å². The lowest BCUT2D eigenvalue weighted by molar-refractivity contribution is 0.238. The van der Waals surface area contributed by atoms with Crippen molar-refractivity contribution >= 4 is 15.9 Å². The highest BCUT2D eigenvalue weighted by atomic mass is 79.9. The van der Waals surface area contributed by atoms with E-state index in [1.165, 1.54) is 12.8 Å². The molecule has 2 N–H and O–H groups in total. The molecule has 0 aromatic carbocycles. The van der Waals surface area contributed by atoms with Crippen molar-refractivity contribution in [2.45, 2.75) is 25.3 Å². The molecule has 2 heterocycles. The van der Waals surface area contributed by atoms with Gasteiger partial charge in [0.1, 0.15) is 11.5 Å². The molecule has 0 amide bonds. The number of nitrogens with zero attached hydrogens (tertiary/aromatic N) is 1. The summed E-state index contributed by atoms with van der Waals surface area (Å²) < 4.78 is 6.83. The second-order valence-electron chi connectivity index (χ2n) is 4.21. The quantitative estimate of drug-likeness (QED) is 0.899. The number of hydrogen-bond acceptors (Lipinski definition) is 3. The maximum Gasteiger partial charge on any atom is 0.121 e. The Labute approximate surface area is 98.7 Å². The molecule has 0 saturated carbocycles. The summed E-state index contributed by atoms with van der Waals surface area (Å²) in [6.45, 7) is 2.77. The van der Waals surface area contributed by atoms with Crippen LogP contribution in [0.5, 0.6) is 0 Å². The monoisotopic (exact) mass is 272 g/mol. The van der Waals surface area contributed by atoms with Crippen molar-refractivity contribution in [1.82, 2.24) is 4.90 Å². The van der Waals surface area contributed by atoms with Crippen LogP contribution in [0.25, 0.3) is 0 Å². The Kier molecular flexibility index (Phi) is 3.49. The van der Waals surface area contributed by atoms with E-state index in [9.17, 15) is 0 Å². The molecule has 0 radical (unpaired) electrons. The van der Waals surface area contributed by atoms with Crippen LogP contribution in [0.4, 0.5) is 0 Å². The first kappa shape index (κ1) is 11.2. The van der Waals surface area contributed by atoms with E-state index in [0.29, 0.717) is 12.5 Å². The molecular weight excluding hydrogens is 256 g/mol. The molecule has 1 fully saturated rings. The van der Waals surface area contributed by atoms with Gasteiger partial charge in [0.05, 0.1) is 11.0 Å². The van der Waals surface area contributed by atoms with Crippen molar-refractivity contribution in [3.8, 4) is 0 Å². The standard InChI is InChI=1S/C11H17BrN2O/c1-14-4-2-8(3-5-14)11-10(12)6-9(7-13)15-11/h6,8H,2-5,7,13H2,1H3. The van der Waals surface area contributed by atoms with Crippen molar-refractivity contribution < 1.29 is 4.42 Å². The maximum atomic E-state index is 5.75. The summed E-state index contributed by atoms with van der Waals surface area (Å²) in [4.78, 5) is 2.36. The molecule has 3 nitrogen and oxygen atoms in total. The number of piperidine rings is 1. The summed E-state index contributed by atoms with van der Waals surface area (Å²) in [5.74, 6) is 2.51. The highest BCUT2D eigenvalue weighted by Gasteiger charge is 2.23. The minimum Gasteiger partial charge on any atom is -0.463 e. The Morgan fingerprint density at radius 2 is 2.20 bits per heavy atom. The number of nitrogens with two attached hydrogens (primary N) is 1. The van der Waals surface area contributed by atoms with Gasteiger partial charge in [0, 0.05) is 5.92 Å². The molecule has 4 heteroatoms. The molecule has 0 atom stereocenters. The highest BCUT2D eigenvalue weighted by molar-refractivity contribution is 9.10. The minimum absolute atomic E-state index is 0.477. The molecule has 0 aliphatic carbocycles. The van der Waals surface area contributed by atoms with Crippen molar-refractivity contribution in [3.63, 3.8) is 0 Å². The fourth-order valence-electron chi connectivity index (χ4n) is 2.08. The van der Waals surface area contributed by atoms with E-state index in [1.807, 2.05) is 6.07 Å². The van der Waals surface area contributed by atoms with Gasteiger partial charge in [0.15, 0.2) is 0 Å². The highest BCUT2D eigenvalue weighted by Crippen LogP contribution is 2.34. The molecule has 0 unspecified atom stereocenters. The van der Waals surface area contributed by atoms with Crippen molar-refractivity contribution in [2.75, 3.05) is 20.1 Å². The zero-order valence-corrected chi connectivity index (χ0v) is 10.6. The second-order valence-corrected chi connectivity index (χ2v) is 5.06. The number of rotatable bonds is 2. The van der Waals surface area contributed by atoms with E-state index in [0.717, 1.165) is 29.1 Å². The van der Waals surface area contributed by atoms with Gasteiger partial charge in [-0.05, 0) is 55.0 Å². The molecule has 1 aromatic heterocycles. The first-order valence-electron chi connectivity index (χ1n) is 5.37. The molecule has 0 bridgehead atoms. The Hall–Kier alpha value is -0.320. The van der Waals surface area contributed by atoms with Crippen LogP contribution in [0.15, 0.2) is 15.0 Å². The van der Waals surface area contributed by atoms with Crippen LogP contribution in [-0.4, -0.2) is 25.0 Å². The predicted octanol–water partition coefficient (Wildman–Crippen LogP) is 2.31. The average Bonchev–Trinajstić information content (AvgIpc) is 2.61. The lowest BCUT2D eigenvalue weighted by Crippen LogP contribution is -2.29. The van der Waals surface area contributed by atoms with Gasteiger partial charge < -0.3 is 15.1 Å². The summed E-state index contributed by atoms with van der Waals surface area (Å²) >= 11 is 3.55. The third kappa shape index (κ3) is 2.44. The Morgan fingerprint density at radius 3 is 2.73 bits per heavy atom. The van der Waals surface area contributed by atoms with E-state index >= 15 is 0 Å². The maximum absolute atomic E-state index is 5.75. The Balaban J connectivity index is 2.11. The first-order chi connectivity index (χ1) is 7.20. The van der Waals surface area contributed by atoms with Gasteiger partial charge in [-0.15, -0.1) is 0 Å². The van der Waals surface area contributed by atoms with Gasteiger partial charge in [-0.1, -0.05) is 0 Å². The Morgan fingerprint density at radius 1 is 1.53 bits per heavy atom. The summed E-state index contributed by atoms with van der Waals surface area (Å²) in [6.07, 6.45) is 2.35. The normalized spacial score (nSPS) is 19.7. The van der Waals surface area contributed by atoms with E-state index in [-0.39, 0.29) is 0 Å². The third-order valence-corrected chi connectivity index (χ3v) is 3.67. The average molecular weight is 273 g/mol. The number of halogens is 1. The van der Waals surface area contributed by atoms with Crippen molar-refractivity contribution in [1.29, 1.82) is 0 Å². The number of hydrogen-bond donors (Lipinski definition) is 1. The number of likely N-dealkylation sites (tertiary alicyclic amines) is 1. The molecule has 84 valence electrons. The summed E-state index contributed by atoms with van der Waals surface area (Å²) in [7, 11) is 2.17. The molecular formula is C11H17BrN2O. The lowest BCUT2D eigenvalue weighted by Gasteiger charge is -2.27. The fraction of sp³-hybridized carbons (Fsp3) is 0.636. The molecule has 2 rings (SSSR count). The summed E-state index contributed by atoms with van der Waals surface area (Å²) in [6, 6.07) is 1.99. The van der Waals surface area contributed by atoms with Crippen molar-refractivity contribution in [3.05, 3.63) is 22.1 Å². The largest absolute Gasteiger partial charge is 0.463 e. The molecule has 1 aliphatic heterocycles. The zero-order valence-electron chi connectivity index (χ0n) is 9.00. The van der Waals surface area contributed by atoms with Gasteiger partial charge in [-0.25, -0.2) is 0 Å². The SMILES string of the molecule is CN1CCC(c2oc(CN)cc2Br)CC1. The second kappa shape index (κ2) is 4.68. The van der Waals surface area contributed by atoms with Gasteiger partial charge in [0.25, 0.3) is 0 Å². The summed E-state index contributed by atoms with van der Waals surface area (Å²) in [5, 5.41) is 0. The minimum atomic E-state index is 0.477. The van der Waals surface area contributed by atoms with Crippen LogP contribution in [-0.2, 0) is 6.54 Å². The third-order valence-electron chi connectivity index (χ3n) is 3.05. The smallest absolute Gasteiger partial charge is 0.121 e. The molecule has 1 aromatic rings. The number of furan rings is 1. The first-order valence-corrected chi connectivity index (χ1v) is 6.16. The van der Waals surface area contributed by atoms with Gasteiger partial charge in [-0.3, -0.25) is 0 Å². The van der Waals surface area contributed by atoms with E-state index in [1.54, 1.807) is 0 Å². The predicted molar refractivity (Wildman–Crippen MR) is 63.8 cm³/mol. The van der Waals surface area contributed by atoms with Crippen LogP contribution in [0.2, 0.25) is 0 Å². The molecule has 0 spiro atoms. The Bertz CT molecular complexity index is 329. The van der Waals surface area contributed by atoms with E-state index in [2.05, 4.69) is 27.9 Å². The van der Waals surface area contributed by atoms with E-state index < -0.39 is 0 Å². The fourth-order valence-corrected chi connectivity index (χ4v) is 2.74. The zero-order chi connectivity index (χ0) is 10.8. The lowest BCUT2D eigenvalue weighted by atomic mass is 9.95. The molecule has 1 aliphatic rings. The van der Waals surface area contributed by atoms with Crippen LogP contribution >= 0.6 is 15.9 Å². The van der Waals surface area contributed by atoms with Crippen LogP contribution in [0.3, 0.4) is 0 Å². The van der Waals surface area contributed by atoms with Crippen LogP contribution < -0.4 is 5.73 Å². The molecule has 15 heavy (non-hydrogen) atoms.